The molecule has 1 aliphatic rings. The molecule has 3 rings (SSSR count). The summed E-state index contributed by atoms with van der Waals surface area (Å²) in [5.41, 5.74) is 2.38. The first-order valence-corrected chi connectivity index (χ1v) is 11.9. The van der Waals surface area contributed by atoms with Crippen molar-refractivity contribution in [1.29, 1.82) is 0 Å². The Labute approximate surface area is 177 Å². The first-order chi connectivity index (χ1) is 14.3. The second-order valence-electron chi connectivity index (χ2n) is 7.52. The lowest BCUT2D eigenvalue weighted by Crippen LogP contribution is -2.45. The van der Waals surface area contributed by atoms with Crippen LogP contribution in [0, 0.1) is 0 Å². The van der Waals surface area contributed by atoms with Crippen LogP contribution in [0.5, 0.6) is 0 Å². The Hall–Kier alpha value is -2.52. The largest absolute Gasteiger partial charge is 0.450 e. The van der Waals surface area contributed by atoms with Gasteiger partial charge in [-0.1, -0.05) is 12.1 Å². The highest BCUT2D eigenvalue weighted by molar-refractivity contribution is 7.90. The number of hydrogen-bond donors (Lipinski definition) is 0. The van der Waals surface area contributed by atoms with Crippen molar-refractivity contribution >= 4 is 15.9 Å². The van der Waals surface area contributed by atoms with Gasteiger partial charge in [0.1, 0.15) is 0 Å². The van der Waals surface area contributed by atoms with E-state index in [0.717, 1.165) is 24.1 Å². The maximum atomic E-state index is 11.8. The normalized spacial score (nSPS) is 15.4. The number of aromatic nitrogens is 2. The minimum atomic E-state index is -3.21. The van der Waals surface area contributed by atoms with Gasteiger partial charge in [-0.15, -0.1) is 0 Å². The smallest absolute Gasteiger partial charge is 0.409 e. The van der Waals surface area contributed by atoms with Crippen LogP contribution in [0.25, 0.3) is 11.3 Å². The summed E-state index contributed by atoms with van der Waals surface area (Å²) in [5, 5.41) is 0. The van der Waals surface area contributed by atoms with E-state index in [1.54, 1.807) is 41.6 Å². The number of carbonyl (C=O) groups is 1. The molecule has 8 nitrogen and oxygen atoms in total. The molecule has 0 atom stereocenters. The van der Waals surface area contributed by atoms with Crippen molar-refractivity contribution in [2.45, 2.75) is 37.2 Å². The van der Waals surface area contributed by atoms with Crippen molar-refractivity contribution in [2.24, 2.45) is 0 Å². The lowest BCUT2D eigenvalue weighted by atomic mass is 10.0. The maximum Gasteiger partial charge on any atom is 0.409 e. The molecule has 1 saturated heterocycles. The number of amides is 1. The third-order valence-electron chi connectivity index (χ3n) is 5.31. The molecule has 1 aliphatic heterocycles. The number of benzene rings is 1. The molecular weight excluding hydrogens is 404 g/mol. The fourth-order valence-electron chi connectivity index (χ4n) is 3.55. The molecular formula is C21H28N4O4S. The molecule has 0 unspecified atom stereocenters. The molecule has 0 saturated carbocycles. The SMILES string of the molecule is CCOC(=O)N1CCC(N(C)Cc2cnc(-c3ccc(S(C)(=O)=O)cc3)cn2)CC1. The number of hydrogen-bond acceptors (Lipinski definition) is 7. The maximum absolute atomic E-state index is 11.8. The van der Waals surface area contributed by atoms with Crippen LogP contribution >= 0.6 is 0 Å². The van der Waals surface area contributed by atoms with Crippen molar-refractivity contribution in [3.63, 3.8) is 0 Å². The van der Waals surface area contributed by atoms with E-state index in [0.29, 0.717) is 38.0 Å². The molecule has 0 N–H and O–H groups in total. The number of nitrogens with zero attached hydrogens (tertiary/aromatic N) is 4. The van der Waals surface area contributed by atoms with E-state index >= 15 is 0 Å². The molecule has 0 spiro atoms. The van der Waals surface area contributed by atoms with Gasteiger partial charge in [-0.05, 0) is 38.9 Å². The Kier molecular flexibility index (Phi) is 7.04. The van der Waals surface area contributed by atoms with Gasteiger partial charge in [0.15, 0.2) is 9.84 Å². The van der Waals surface area contributed by atoms with E-state index < -0.39 is 9.84 Å². The summed E-state index contributed by atoms with van der Waals surface area (Å²) in [6.45, 7) is 4.28. The number of carbonyl (C=O) groups excluding carboxylic acids is 1. The predicted molar refractivity (Wildman–Crippen MR) is 114 cm³/mol. The Morgan fingerprint density at radius 2 is 1.83 bits per heavy atom. The van der Waals surface area contributed by atoms with Crippen LogP contribution < -0.4 is 0 Å². The zero-order valence-corrected chi connectivity index (χ0v) is 18.4. The summed E-state index contributed by atoms with van der Waals surface area (Å²) in [7, 11) is -1.15. The summed E-state index contributed by atoms with van der Waals surface area (Å²) in [6, 6.07) is 7.01. The van der Waals surface area contributed by atoms with Crippen molar-refractivity contribution < 1.29 is 17.9 Å². The molecule has 1 fully saturated rings. The summed E-state index contributed by atoms with van der Waals surface area (Å²) in [5.74, 6) is 0. The van der Waals surface area contributed by atoms with E-state index in [9.17, 15) is 13.2 Å². The fourth-order valence-corrected chi connectivity index (χ4v) is 4.18. The van der Waals surface area contributed by atoms with Crippen LogP contribution in [0.3, 0.4) is 0 Å². The van der Waals surface area contributed by atoms with E-state index in [1.807, 2.05) is 6.92 Å². The molecule has 0 bridgehead atoms. The molecule has 1 aromatic heterocycles. The van der Waals surface area contributed by atoms with Gasteiger partial charge >= 0.3 is 6.09 Å². The summed E-state index contributed by atoms with van der Waals surface area (Å²) in [6.07, 6.45) is 6.21. The lowest BCUT2D eigenvalue weighted by Gasteiger charge is -2.36. The third-order valence-corrected chi connectivity index (χ3v) is 6.44. The van der Waals surface area contributed by atoms with Crippen LogP contribution in [0.1, 0.15) is 25.5 Å². The van der Waals surface area contributed by atoms with E-state index in [1.165, 1.54) is 6.26 Å². The standard InChI is InChI=1S/C21H28N4O4S/c1-4-29-21(26)25-11-9-18(10-12-25)24(2)15-17-13-23-20(14-22-17)16-5-7-19(8-6-16)30(3,27)28/h5-8,13-14,18H,4,9-12,15H2,1-3H3. The van der Waals surface area contributed by atoms with E-state index in [-0.39, 0.29) is 11.0 Å². The van der Waals surface area contributed by atoms with E-state index in [4.69, 9.17) is 4.74 Å². The van der Waals surface area contributed by atoms with Gasteiger partial charge in [-0.3, -0.25) is 14.9 Å². The minimum absolute atomic E-state index is 0.232. The molecule has 1 amide bonds. The highest BCUT2D eigenvalue weighted by atomic mass is 32.2. The second-order valence-corrected chi connectivity index (χ2v) is 9.54. The molecule has 9 heteroatoms. The quantitative estimate of drug-likeness (QED) is 0.693. The second kappa shape index (κ2) is 9.53. The fraction of sp³-hybridized carbons (Fsp3) is 0.476. The Morgan fingerprint density at radius 3 is 2.37 bits per heavy atom. The van der Waals surface area contributed by atoms with Crippen molar-refractivity contribution in [1.82, 2.24) is 19.8 Å². The Morgan fingerprint density at radius 1 is 1.17 bits per heavy atom. The van der Waals surface area contributed by atoms with Gasteiger partial charge in [0.05, 0.1) is 35.3 Å². The molecule has 162 valence electrons. The van der Waals surface area contributed by atoms with E-state index in [2.05, 4.69) is 21.9 Å². The zero-order valence-electron chi connectivity index (χ0n) is 17.6. The summed E-state index contributed by atoms with van der Waals surface area (Å²) >= 11 is 0. The average Bonchev–Trinajstić information content (AvgIpc) is 2.74. The van der Waals surface area contributed by atoms with Gasteiger partial charge in [0, 0.05) is 37.5 Å². The summed E-state index contributed by atoms with van der Waals surface area (Å²) in [4.78, 5) is 25.1. The van der Waals surface area contributed by atoms with Crippen LogP contribution in [-0.2, 0) is 21.1 Å². The van der Waals surface area contributed by atoms with Crippen molar-refractivity contribution in [3.8, 4) is 11.3 Å². The number of likely N-dealkylation sites (tertiary alicyclic amines) is 1. The molecule has 1 aromatic carbocycles. The molecule has 30 heavy (non-hydrogen) atoms. The first kappa shape index (κ1) is 22.2. The van der Waals surface area contributed by atoms with Crippen LogP contribution in [0.2, 0.25) is 0 Å². The van der Waals surface area contributed by atoms with Gasteiger partial charge in [-0.2, -0.15) is 0 Å². The van der Waals surface area contributed by atoms with Crippen molar-refractivity contribution in [2.75, 3.05) is 33.0 Å². The monoisotopic (exact) mass is 432 g/mol. The van der Waals surface area contributed by atoms with Gasteiger partial charge in [-0.25, -0.2) is 13.2 Å². The van der Waals surface area contributed by atoms with Crippen LogP contribution in [0.4, 0.5) is 4.79 Å². The Balaban J connectivity index is 1.56. The predicted octanol–water partition coefficient (Wildman–Crippen LogP) is 2.60. The average molecular weight is 433 g/mol. The third kappa shape index (κ3) is 5.54. The first-order valence-electron chi connectivity index (χ1n) is 10.0. The highest BCUT2D eigenvalue weighted by Gasteiger charge is 2.26. The van der Waals surface area contributed by atoms with Crippen LogP contribution in [-0.4, -0.2) is 73.3 Å². The Bertz CT molecular complexity index is 954. The molecule has 2 aromatic rings. The summed E-state index contributed by atoms with van der Waals surface area (Å²) < 4.78 is 28.2. The van der Waals surface area contributed by atoms with Gasteiger partial charge < -0.3 is 9.64 Å². The molecule has 0 aliphatic carbocycles. The number of piperidine rings is 1. The zero-order chi connectivity index (χ0) is 21.7. The van der Waals surface area contributed by atoms with Crippen LogP contribution in [0.15, 0.2) is 41.6 Å². The number of rotatable bonds is 6. The lowest BCUT2D eigenvalue weighted by molar-refractivity contribution is 0.0791. The minimum Gasteiger partial charge on any atom is -0.450 e. The topological polar surface area (TPSA) is 92.7 Å². The number of sulfone groups is 1. The van der Waals surface area contributed by atoms with Gasteiger partial charge in [0.2, 0.25) is 0 Å². The van der Waals surface area contributed by atoms with Gasteiger partial charge in [0.25, 0.3) is 0 Å². The van der Waals surface area contributed by atoms with Crippen molar-refractivity contribution in [3.05, 3.63) is 42.4 Å². The molecule has 0 radical (unpaired) electrons. The number of ether oxygens (including phenoxy) is 1. The molecule has 2 heterocycles. The highest BCUT2D eigenvalue weighted by Crippen LogP contribution is 2.20.